The van der Waals surface area contributed by atoms with E-state index in [9.17, 15) is 18.4 Å². The summed E-state index contributed by atoms with van der Waals surface area (Å²) in [4.78, 5) is 10.2. The van der Waals surface area contributed by atoms with Gasteiger partial charge in [-0.15, -0.1) is 0 Å². The van der Waals surface area contributed by atoms with E-state index in [0.717, 1.165) is 88.6 Å². The minimum absolute atomic E-state index is 0.339. The third-order valence-corrected chi connectivity index (χ3v) is 13.0. The molecule has 69 heavy (non-hydrogen) atoms. The molecule has 328 valence electrons. The van der Waals surface area contributed by atoms with Crippen molar-refractivity contribution in [3.8, 4) is 73.6 Å². The number of nitriles is 1. The summed E-state index contributed by atoms with van der Waals surface area (Å²) in [5.41, 5.74) is 12.2. The van der Waals surface area contributed by atoms with Gasteiger partial charge in [-0.05, 0) is 90.8 Å². The molecule has 0 saturated carbocycles. The van der Waals surface area contributed by atoms with E-state index in [1.807, 2.05) is 133 Å². The van der Waals surface area contributed by atoms with Gasteiger partial charge in [0, 0.05) is 49.4 Å². The normalized spacial score (nSPS) is 11.8. The quantitative estimate of drug-likeness (QED) is 0.160. The van der Waals surface area contributed by atoms with Gasteiger partial charge >= 0.3 is 6.18 Å². The molecule has 0 saturated heterocycles. The lowest BCUT2D eigenvalue weighted by Crippen LogP contribution is -2.08. The fourth-order valence-corrected chi connectivity index (χ4v) is 9.93. The molecule has 0 fully saturated rings. The van der Waals surface area contributed by atoms with Gasteiger partial charge in [-0.3, -0.25) is 0 Å². The summed E-state index contributed by atoms with van der Waals surface area (Å²) in [5, 5.41) is 14.8. The van der Waals surface area contributed by atoms with Crippen LogP contribution in [0.4, 0.5) is 13.2 Å². The minimum Gasteiger partial charge on any atom is -0.308 e. The molecule has 0 N–H and O–H groups in total. The van der Waals surface area contributed by atoms with Crippen LogP contribution in [0.2, 0.25) is 0 Å². The van der Waals surface area contributed by atoms with E-state index in [4.69, 9.17) is 9.97 Å². The van der Waals surface area contributed by atoms with Crippen LogP contribution in [0.3, 0.4) is 0 Å². The predicted molar refractivity (Wildman–Crippen MR) is 272 cm³/mol. The van der Waals surface area contributed by atoms with Crippen LogP contribution in [-0.2, 0) is 6.18 Å². The van der Waals surface area contributed by atoms with E-state index in [1.54, 1.807) is 25.1 Å². The van der Waals surface area contributed by atoms with E-state index < -0.39 is 11.7 Å². The Labute approximate surface area is 395 Å². The van der Waals surface area contributed by atoms with E-state index >= 15 is 0 Å². The van der Waals surface area contributed by atoms with Crippen LogP contribution in [-0.4, -0.2) is 19.1 Å². The first-order chi connectivity index (χ1) is 33.7. The van der Waals surface area contributed by atoms with Crippen LogP contribution in [0.15, 0.2) is 212 Å². The molecule has 12 aromatic rings. The standard InChI is InChI=1S/C61H38F3N5/c1-38-30-44(34-45(31-38)61(62,63)64)60-58(68-54-24-10-8-18-46(54)48-28-26-42(35-56(48)68)52-22-12-20-50(66-52)40-14-4-2-5-15-40)32-39(37-65)33-59(60)69-55-25-11-9-19-47(55)49-29-27-43(36-57(49)69)53-23-13-21-51(67-53)41-16-6-3-7-17-41/h2-36H,1H3. The first-order valence-electron chi connectivity index (χ1n) is 22.6. The van der Waals surface area contributed by atoms with Crippen molar-refractivity contribution in [3.05, 3.63) is 229 Å². The summed E-state index contributed by atoms with van der Waals surface area (Å²) in [6.07, 6.45) is -4.63. The molecule has 8 aromatic carbocycles. The van der Waals surface area contributed by atoms with Gasteiger partial charge in [0.15, 0.2) is 0 Å². The molecule has 12 rings (SSSR count). The number of benzene rings is 8. The average molecular weight is 898 g/mol. The van der Waals surface area contributed by atoms with Gasteiger partial charge in [0.1, 0.15) is 0 Å². The van der Waals surface area contributed by atoms with Crippen molar-refractivity contribution in [1.29, 1.82) is 5.26 Å². The van der Waals surface area contributed by atoms with E-state index in [0.29, 0.717) is 33.6 Å². The van der Waals surface area contributed by atoms with Gasteiger partial charge < -0.3 is 9.13 Å². The van der Waals surface area contributed by atoms with Crippen LogP contribution >= 0.6 is 0 Å². The Bertz CT molecular complexity index is 3810. The molecule has 8 heteroatoms. The molecule has 5 nitrogen and oxygen atoms in total. The number of hydrogen-bond acceptors (Lipinski definition) is 3. The van der Waals surface area contributed by atoms with Crippen LogP contribution in [0.5, 0.6) is 0 Å². The molecule has 0 spiro atoms. The monoisotopic (exact) mass is 897 g/mol. The maximum Gasteiger partial charge on any atom is 0.416 e. The third kappa shape index (κ3) is 7.20. The van der Waals surface area contributed by atoms with Gasteiger partial charge in [-0.1, -0.05) is 140 Å². The molecule has 0 aliphatic carbocycles. The Kier molecular flexibility index (Phi) is 9.82. The highest BCUT2D eigenvalue weighted by Crippen LogP contribution is 2.45. The second kappa shape index (κ2) is 16.4. The number of aromatic nitrogens is 4. The summed E-state index contributed by atoms with van der Waals surface area (Å²) >= 11 is 0. The van der Waals surface area contributed by atoms with E-state index in [1.165, 1.54) is 12.1 Å². The summed E-state index contributed by atoms with van der Waals surface area (Å²) in [6.45, 7) is 1.69. The van der Waals surface area contributed by atoms with Gasteiger partial charge in [0.05, 0.1) is 73.4 Å². The van der Waals surface area contributed by atoms with Gasteiger partial charge in [0.2, 0.25) is 0 Å². The number of pyridine rings is 2. The molecule has 0 radical (unpaired) electrons. The highest BCUT2D eigenvalue weighted by Gasteiger charge is 2.32. The summed E-state index contributed by atoms with van der Waals surface area (Å²) in [6, 6.07) is 70.7. The van der Waals surface area contributed by atoms with Crippen LogP contribution in [0.25, 0.3) is 111 Å². The Morgan fingerprint density at radius 1 is 0.406 bits per heavy atom. The van der Waals surface area contributed by atoms with Crippen LogP contribution in [0.1, 0.15) is 16.7 Å². The first-order valence-corrected chi connectivity index (χ1v) is 22.6. The van der Waals surface area contributed by atoms with Crippen molar-refractivity contribution in [1.82, 2.24) is 19.1 Å². The smallest absolute Gasteiger partial charge is 0.308 e. The SMILES string of the molecule is Cc1cc(-c2c(-n3c4ccccc4c4ccc(-c5cccc(-c6ccccc6)n5)cc43)cc(C#N)cc2-n2c3ccccc3c3ccc(-c4cccc(-c5ccccc5)n4)cc32)cc(C(F)(F)F)c1. The molecule has 0 aliphatic rings. The van der Waals surface area contributed by atoms with Gasteiger partial charge in [-0.25, -0.2) is 9.97 Å². The number of nitrogens with zero attached hydrogens (tertiary/aromatic N) is 5. The second-order valence-corrected chi connectivity index (χ2v) is 17.3. The molecule has 0 unspecified atom stereocenters. The van der Waals surface area contributed by atoms with Crippen molar-refractivity contribution < 1.29 is 13.2 Å². The molecule has 0 aliphatic heterocycles. The number of hydrogen-bond donors (Lipinski definition) is 0. The lowest BCUT2D eigenvalue weighted by Gasteiger charge is -2.22. The van der Waals surface area contributed by atoms with Crippen LogP contribution in [0, 0.1) is 18.3 Å². The Morgan fingerprint density at radius 3 is 1.30 bits per heavy atom. The van der Waals surface area contributed by atoms with Gasteiger partial charge in [-0.2, -0.15) is 18.4 Å². The summed E-state index contributed by atoms with van der Waals surface area (Å²) in [5.74, 6) is 0. The number of aryl methyl sites for hydroxylation is 1. The predicted octanol–water partition coefficient (Wildman–Crippen LogP) is 16.2. The Morgan fingerprint density at radius 2 is 0.841 bits per heavy atom. The Hall–Kier alpha value is -9.06. The number of rotatable bonds is 7. The molecule has 4 aromatic heterocycles. The molecule has 0 atom stereocenters. The zero-order valence-corrected chi connectivity index (χ0v) is 37.1. The zero-order chi connectivity index (χ0) is 46.8. The second-order valence-electron chi connectivity index (χ2n) is 17.3. The minimum atomic E-state index is -4.63. The Balaban J connectivity index is 1.18. The topological polar surface area (TPSA) is 59.4 Å². The average Bonchev–Trinajstić information content (AvgIpc) is 3.90. The van der Waals surface area contributed by atoms with Crippen molar-refractivity contribution in [2.45, 2.75) is 13.1 Å². The van der Waals surface area contributed by atoms with E-state index in [-0.39, 0.29) is 0 Å². The molecule has 0 bridgehead atoms. The van der Waals surface area contributed by atoms with Crippen LogP contribution < -0.4 is 0 Å². The molecular formula is C61H38F3N5. The maximum absolute atomic E-state index is 15.0. The first kappa shape index (κ1) is 41.4. The van der Waals surface area contributed by atoms with Crippen molar-refractivity contribution in [2.75, 3.05) is 0 Å². The largest absolute Gasteiger partial charge is 0.416 e. The lowest BCUT2D eigenvalue weighted by atomic mass is 9.95. The van der Waals surface area contributed by atoms with Gasteiger partial charge in [0.25, 0.3) is 0 Å². The number of halogens is 3. The fourth-order valence-electron chi connectivity index (χ4n) is 9.93. The number of fused-ring (bicyclic) bond motifs is 6. The highest BCUT2D eigenvalue weighted by molar-refractivity contribution is 6.13. The van der Waals surface area contributed by atoms with E-state index in [2.05, 4.69) is 63.7 Å². The molecular weight excluding hydrogens is 860 g/mol. The van der Waals surface area contributed by atoms with Crippen molar-refractivity contribution in [3.63, 3.8) is 0 Å². The third-order valence-electron chi connectivity index (χ3n) is 13.0. The van der Waals surface area contributed by atoms with Crippen molar-refractivity contribution in [2.24, 2.45) is 0 Å². The highest BCUT2D eigenvalue weighted by atomic mass is 19.4. The maximum atomic E-state index is 15.0. The lowest BCUT2D eigenvalue weighted by molar-refractivity contribution is -0.137. The molecule has 4 heterocycles. The van der Waals surface area contributed by atoms with Crippen molar-refractivity contribution >= 4 is 43.6 Å². The summed E-state index contributed by atoms with van der Waals surface area (Å²) in [7, 11) is 0. The fraction of sp³-hybridized carbons (Fsp3) is 0.0328. The summed E-state index contributed by atoms with van der Waals surface area (Å²) < 4.78 is 49.1. The zero-order valence-electron chi connectivity index (χ0n) is 37.1. The number of alkyl halides is 3. The number of para-hydroxylation sites is 2. The molecule has 0 amide bonds.